The molecule has 1 aliphatic carbocycles. The molecule has 0 bridgehead atoms. The Balaban J connectivity index is 2.11. The first kappa shape index (κ1) is 15.5. The number of hydrazine groups is 1. The number of nitrogens with two attached hydrogens (primary N) is 1. The molecule has 4 nitrogen and oxygen atoms in total. The summed E-state index contributed by atoms with van der Waals surface area (Å²) in [6, 6.07) is 0.363. The second-order valence-electron chi connectivity index (χ2n) is 6.80. The number of hydrogen-bond donors (Lipinski definition) is 2. The van der Waals surface area contributed by atoms with Gasteiger partial charge in [0.2, 0.25) is 0 Å². The van der Waals surface area contributed by atoms with Gasteiger partial charge in [0.15, 0.2) is 0 Å². The first-order valence-electron chi connectivity index (χ1n) is 8.07. The monoisotopic (exact) mass is 278 g/mol. The van der Waals surface area contributed by atoms with Crippen molar-refractivity contribution >= 4 is 0 Å². The van der Waals surface area contributed by atoms with E-state index >= 15 is 0 Å². The maximum absolute atomic E-state index is 5.92. The van der Waals surface area contributed by atoms with Gasteiger partial charge in [-0.1, -0.05) is 26.7 Å². The van der Waals surface area contributed by atoms with Crippen molar-refractivity contribution in [1.82, 2.24) is 15.2 Å². The molecule has 4 heteroatoms. The van der Waals surface area contributed by atoms with Gasteiger partial charge in [0.1, 0.15) is 0 Å². The lowest BCUT2D eigenvalue weighted by Gasteiger charge is -2.38. The molecule has 1 aromatic heterocycles. The van der Waals surface area contributed by atoms with Crippen LogP contribution in [-0.2, 0) is 13.0 Å². The van der Waals surface area contributed by atoms with Gasteiger partial charge in [-0.25, -0.2) is 0 Å². The lowest BCUT2D eigenvalue weighted by Crippen LogP contribution is -2.49. The molecule has 0 aromatic carbocycles. The van der Waals surface area contributed by atoms with Crippen molar-refractivity contribution in [2.75, 3.05) is 0 Å². The van der Waals surface area contributed by atoms with Crippen molar-refractivity contribution < 1.29 is 0 Å². The van der Waals surface area contributed by atoms with Crippen LogP contribution in [0.3, 0.4) is 0 Å². The van der Waals surface area contributed by atoms with Crippen LogP contribution in [0, 0.1) is 11.3 Å². The fourth-order valence-corrected chi connectivity index (χ4v) is 3.96. The van der Waals surface area contributed by atoms with E-state index in [9.17, 15) is 0 Å². The van der Waals surface area contributed by atoms with Gasteiger partial charge in [-0.3, -0.25) is 16.0 Å². The Morgan fingerprint density at radius 3 is 2.60 bits per heavy atom. The summed E-state index contributed by atoms with van der Waals surface area (Å²) in [6.07, 6.45) is 11.7. The molecule has 2 rings (SSSR count). The zero-order valence-corrected chi connectivity index (χ0v) is 13.2. The van der Waals surface area contributed by atoms with Crippen LogP contribution in [-0.4, -0.2) is 15.8 Å². The number of nitrogens with one attached hydrogen (secondary N) is 1. The molecule has 1 atom stereocenters. The molecule has 0 aliphatic heterocycles. The van der Waals surface area contributed by atoms with Crippen LogP contribution < -0.4 is 11.3 Å². The minimum absolute atomic E-state index is 0.363. The maximum Gasteiger partial charge on any atom is 0.0522 e. The second kappa shape index (κ2) is 6.72. The predicted molar refractivity (Wildman–Crippen MR) is 83.1 cm³/mol. The highest BCUT2D eigenvalue weighted by molar-refractivity contribution is 5.09. The number of rotatable bonds is 7. The smallest absolute Gasteiger partial charge is 0.0522 e. The average molecular weight is 278 g/mol. The number of nitrogens with zero attached hydrogens (tertiary/aromatic N) is 2. The standard InChI is InChI=1S/C16H30N4/c1-4-20-12-14(11-18-20)9-15(19-17)16(10-13(2)3)7-5-6-8-16/h11-13,15,19H,4-10,17H2,1-3H3. The summed E-state index contributed by atoms with van der Waals surface area (Å²) in [5, 5.41) is 4.38. The van der Waals surface area contributed by atoms with Gasteiger partial charge in [0.25, 0.3) is 0 Å². The molecular formula is C16H30N4. The lowest BCUT2D eigenvalue weighted by atomic mass is 9.71. The van der Waals surface area contributed by atoms with Gasteiger partial charge in [0, 0.05) is 18.8 Å². The van der Waals surface area contributed by atoms with Crippen molar-refractivity contribution in [3.63, 3.8) is 0 Å². The van der Waals surface area contributed by atoms with E-state index in [0.717, 1.165) is 18.9 Å². The fourth-order valence-electron chi connectivity index (χ4n) is 3.96. The molecule has 0 amide bonds. The van der Waals surface area contributed by atoms with Crippen LogP contribution in [0.15, 0.2) is 12.4 Å². The van der Waals surface area contributed by atoms with Crippen molar-refractivity contribution in [2.45, 2.75) is 71.9 Å². The Kier molecular flexibility index (Phi) is 5.22. The van der Waals surface area contributed by atoms with Crippen LogP contribution >= 0.6 is 0 Å². The molecule has 1 fully saturated rings. The molecule has 0 radical (unpaired) electrons. The summed E-state index contributed by atoms with van der Waals surface area (Å²) in [6.45, 7) is 7.69. The summed E-state index contributed by atoms with van der Waals surface area (Å²) in [5.74, 6) is 6.65. The summed E-state index contributed by atoms with van der Waals surface area (Å²) >= 11 is 0. The number of aromatic nitrogens is 2. The third-order valence-corrected chi connectivity index (χ3v) is 4.81. The predicted octanol–water partition coefficient (Wildman–Crippen LogP) is 2.88. The molecule has 20 heavy (non-hydrogen) atoms. The summed E-state index contributed by atoms with van der Waals surface area (Å²) in [7, 11) is 0. The molecule has 1 saturated carbocycles. The molecule has 3 N–H and O–H groups in total. The summed E-state index contributed by atoms with van der Waals surface area (Å²) in [5.41, 5.74) is 4.80. The highest BCUT2D eigenvalue weighted by Crippen LogP contribution is 2.46. The third-order valence-electron chi connectivity index (χ3n) is 4.81. The minimum Gasteiger partial charge on any atom is -0.273 e. The van der Waals surface area contributed by atoms with Gasteiger partial charge in [0.05, 0.1) is 6.20 Å². The van der Waals surface area contributed by atoms with Crippen LogP contribution in [0.1, 0.15) is 58.4 Å². The molecular weight excluding hydrogens is 248 g/mol. The highest BCUT2D eigenvalue weighted by atomic mass is 15.3. The number of aryl methyl sites for hydroxylation is 1. The van der Waals surface area contributed by atoms with Crippen molar-refractivity contribution in [1.29, 1.82) is 0 Å². The van der Waals surface area contributed by atoms with Crippen molar-refractivity contribution in [2.24, 2.45) is 17.2 Å². The van der Waals surface area contributed by atoms with E-state index in [4.69, 9.17) is 5.84 Å². The molecule has 1 unspecified atom stereocenters. The molecule has 1 aliphatic rings. The van der Waals surface area contributed by atoms with Crippen molar-refractivity contribution in [3.05, 3.63) is 18.0 Å². The lowest BCUT2D eigenvalue weighted by molar-refractivity contribution is 0.154. The fraction of sp³-hybridized carbons (Fsp3) is 0.812. The maximum atomic E-state index is 5.92. The zero-order valence-electron chi connectivity index (χ0n) is 13.2. The van der Waals surface area contributed by atoms with E-state index in [1.807, 2.05) is 10.9 Å². The van der Waals surface area contributed by atoms with E-state index < -0.39 is 0 Å². The summed E-state index contributed by atoms with van der Waals surface area (Å²) in [4.78, 5) is 0. The Bertz CT molecular complexity index is 404. The Labute approximate surface area is 123 Å². The van der Waals surface area contributed by atoms with Crippen LogP contribution in [0.2, 0.25) is 0 Å². The van der Waals surface area contributed by atoms with E-state index in [2.05, 4.69) is 37.5 Å². The average Bonchev–Trinajstić information content (AvgIpc) is 3.04. The van der Waals surface area contributed by atoms with Crippen LogP contribution in [0.5, 0.6) is 0 Å². The minimum atomic E-state index is 0.363. The molecule has 0 saturated heterocycles. The zero-order chi connectivity index (χ0) is 14.6. The van der Waals surface area contributed by atoms with Gasteiger partial charge in [-0.05, 0) is 49.5 Å². The molecule has 1 aromatic rings. The first-order valence-corrected chi connectivity index (χ1v) is 8.07. The normalized spacial score (nSPS) is 19.6. The molecule has 1 heterocycles. The topological polar surface area (TPSA) is 55.9 Å². The molecule has 0 spiro atoms. The highest BCUT2D eigenvalue weighted by Gasteiger charge is 2.41. The largest absolute Gasteiger partial charge is 0.273 e. The second-order valence-corrected chi connectivity index (χ2v) is 6.80. The van der Waals surface area contributed by atoms with E-state index in [1.165, 1.54) is 37.7 Å². The van der Waals surface area contributed by atoms with E-state index in [1.54, 1.807) is 0 Å². The third kappa shape index (κ3) is 3.41. The van der Waals surface area contributed by atoms with Crippen LogP contribution in [0.4, 0.5) is 0 Å². The van der Waals surface area contributed by atoms with Gasteiger partial charge in [-0.2, -0.15) is 5.10 Å². The van der Waals surface area contributed by atoms with Crippen molar-refractivity contribution in [3.8, 4) is 0 Å². The Morgan fingerprint density at radius 2 is 2.10 bits per heavy atom. The van der Waals surface area contributed by atoms with Gasteiger partial charge >= 0.3 is 0 Å². The van der Waals surface area contributed by atoms with Gasteiger partial charge < -0.3 is 0 Å². The summed E-state index contributed by atoms with van der Waals surface area (Å²) < 4.78 is 1.99. The van der Waals surface area contributed by atoms with E-state index in [0.29, 0.717) is 11.5 Å². The van der Waals surface area contributed by atoms with E-state index in [-0.39, 0.29) is 0 Å². The SMILES string of the molecule is CCn1cc(CC(NN)C2(CC(C)C)CCCC2)cn1. The number of hydrogen-bond acceptors (Lipinski definition) is 3. The Hall–Kier alpha value is -0.870. The van der Waals surface area contributed by atoms with Gasteiger partial charge in [-0.15, -0.1) is 0 Å². The Morgan fingerprint density at radius 1 is 1.40 bits per heavy atom. The quantitative estimate of drug-likeness (QED) is 0.595. The molecule has 114 valence electrons. The first-order chi connectivity index (χ1) is 9.59. The van der Waals surface area contributed by atoms with Crippen LogP contribution in [0.25, 0.3) is 0 Å².